The Morgan fingerprint density at radius 1 is 1.03 bits per heavy atom. The lowest BCUT2D eigenvalue weighted by Gasteiger charge is -2.09. The Kier molecular flexibility index (Phi) is 6.09. The van der Waals surface area contributed by atoms with Crippen LogP contribution in [-0.4, -0.2) is 30.1 Å². The van der Waals surface area contributed by atoms with Crippen molar-refractivity contribution in [1.82, 2.24) is 9.97 Å². The van der Waals surface area contributed by atoms with Crippen LogP contribution in [0.25, 0.3) is 11.3 Å². The fourth-order valence-electron chi connectivity index (χ4n) is 2.87. The SMILES string of the molecule is CNc1nc(-c2ccccc2)c(Oc2ccnc(Nc3ccc(C(=O)OC)cc3)c2)s1. The highest BCUT2D eigenvalue weighted by Gasteiger charge is 2.15. The van der Waals surface area contributed by atoms with E-state index in [1.807, 2.05) is 43.4 Å². The van der Waals surface area contributed by atoms with Gasteiger partial charge >= 0.3 is 5.97 Å². The van der Waals surface area contributed by atoms with Gasteiger partial charge in [-0.15, -0.1) is 0 Å². The maximum Gasteiger partial charge on any atom is 0.337 e. The maximum absolute atomic E-state index is 11.6. The van der Waals surface area contributed by atoms with Crippen molar-refractivity contribution >= 4 is 33.9 Å². The van der Waals surface area contributed by atoms with E-state index in [0.717, 1.165) is 22.1 Å². The Morgan fingerprint density at radius 2 is 1.81 bits per heavy atom. The van der Waals surface area contributed by atoms with Crippen LogP contribution in [0.1, 0.15) is 10.4 Å². The predicted molar refractivity (Wildman–Crippen MR) is 122 cm³/mol. The second kappa shape index (κ2) is 9.27. The molecule has 31 heavy (non-hydrogen) atoms. The highest BCUT2D eigenvalue weighted by atomic mass is 32.1. The van der Waals surface area contributed by atoms with Crippen molar-refractivity contribution in [3.63, 3.8) is 0 Å². The number of nitrogens with one attached hydrogen (secondary N) is 2. The molecule has 0 bridgehead atoms. The molecule has 2 aromatic carbocycles. The largest absolute Gasteiger partial charge is 0.465 e. The molecule has 0 atom stereocenters. The zero-order chi connectivity index (χ0) is 21.6. The minimum atomic E-state index is -0.375. The molecule has 4 aromatic rings. The molecule has 0 radical (unpaired) electrons. The number of ether oxygens (including phenoxy) is 2. The molecule has 2 heterocycles. The van der Waals surface area contributed by atoms with Gasteiger partial charge in [-0.1, -0.05) is 41.7 Å². The first-order valence-electron chi connectivity index (χ1n) is 9.49. The van der Waals surface area contributed by atoms with Gasteiger partial charge in [-0.3, -0.25) is 0 Å². The number of hydrogen-bond acceptors (Lipinski definition) is 8. The minimum Gasteiger partial charge on any atom is -0.465 e. The number of pyridine rings is 1. The smallest absolute Gasteiger partial charge is 0.337 e. The molecule has 0 aliphatic rings. The van der Waals surface area contributed by atoms with Crippen molar-refractivity contribution in [2.75, 3.05) is 24.8 Å². The number of nitrogens with zero attached hydrogens (tertiary/aromatic N) is 2. The van der Waals surface area contributed by atoms with Gasteiger partial charge in [0, 0.05) is 30.6 Å². The van der Waals surface area contributed by atoms with Crippen LogP contribution >= 0.6 is 11.3 Å². The quantitative estimate of drug-likeness (QED) is 0.369. The lowest BCUT2D eigenvalue weighted by Crippen LogP contribution is -2.01. The number of carbonyl (C=O) groups excluding carboxylic acids is 1. The number of carbonyl (C=O) groups is 1. The van der Waals surface area contributed by atoms with Gasteiger partial charge < -0.3 is 20.1 Å². The van der Waals surface area contributed by atoms with E-state index in [0.29, 0.717) is 22.2 Å². The summed E-state index contributed by atoms with van der Waals surface area (Å²) in [6.07, 6.45) is 1.67. The van der Waals surface area contributed by atoms with Gasteiger partial charge in [-0.2, -0.15) is 0 Å². The van der Waals surface area contributed by atoms with Crippen LogP contribution in [0, 0.1) is 0 Å². The fraction of sp³-hybridized carbons (Fsp3) is 0.0870. The number of hydrogen-bond donors (Lipinski definition) is 2. The molecule has 4 rings (SSSR count). The molecular weight excluding hydrogens is 412 g/mol. The molecule has 0 saturated heterocycles. The number of methoxy groups -OCH3 is 1. The Morgan fingerprint density at radius 3 is 2.52 bits per heavy atom. The Labute approximate surface area is 183 Å². The fourth-order valence-corrected chi connectivity index (χ4v) is 3.68. The monoisotopic (exact) mass is 432 g/mol. The van der Waals surface area contributed by atoms with E-state index in [2.05, 4.69) is 20.6 Å². The third-order valence-corrected chi connectivity index (χ3v) is 5.33. The summed E-state index contributed by atoms with van der Waals surface area (Å²) in [6, 6.07) is 20.5. The topological polar surface area (TPSA) is 85.4 Å². The van der Waals surface area contributed by atoms with Crippen molar-refractivity contribution in [3.8, 4) is 22.1 Å². The first kappa shape index (κ1) is 20.4. The van der Waals surface area contributed by atoms with Crippen LogP contribution in [-0.2, 0) is 4.74 Å². The third-order valence-electron chi connectivity index (χ3n) is 4.38. The summed E-state index contributed by atoms with van der Waals surface area (Å²) < 4.78 is 10.9. The Bertz CT molecular complexity index is 1180. The molecule has 8 heteroatoms. The minimum absolute atomic E-state index is 0.375. The molecule has 2 aromatic heterocycles. The van der Waals surface area contributed by atoms with E-state index >= 15 is 0 Å². The molecule has 0 aliphatic carbocycles. The molecule has 2 N–H and O–H groups in total. The zero-order valence-corrected chi connectivity index (χ0v) is 17.8. The maximum atomic E-state index is 11.6. The standard InChI is InChI=1S/C23H20N4O3S/c1-24-23-27-20(15-6-4-3-5-7-15)22(31-23)30-18-12-13-25-19(14-18)26-17-10-8-16(9-11-17)21(28)29-2/h3-14H,1-2H3,(H,24,27)(H,25,26). The Hall–Kier alpha value is -3.91. The number of thiazole rings is 1. The van der Waals surface area contributed by atoms with E-state index in [4.69, 9.17) is 9.47 Å². The summed E-state index contributed by atoms with van der Waals surface area (Å²) in [7, 11) is 3.19. The molecule has 0 saturated carbocycles. The van der Waals surface area contributed by atoms with Gasteiger partial charge in [0.1, 0.15) is 17.3 Å². The summed E-state index contributed by atoms with van der Waals surface area (Å²) in [5, 5.41) is 7.74. The average Bonchev–Trinajstić information content (AvgIpc) is 3.23. The van der Waals surface area contributed by atoms with E-state index in [9.17, 15) is 4.79 Å². The first-order valence-corrected chi connectivity index (χ1v) is 10.3. The lowest BCUT2D eigenvalue weighted by molar-refractivity contribution is 0.0601. The summed E-state index contributed by atoms with van der Waals surface area (Å²) in [6.45, 7) is 0. The average molecular weight is 433 g/mol. The summed E-state index contributed by atoms with van der Waals surface area (Å²) in [4.78, 5) is 20.5. The first-order chi connectivity index (χ1) is 15.2. The zero-order valence-electron chi connectivity index (χ0n) is 17.0. The van der Waals surface area contributed by atoms with Crippen LogP contribution in [0.4, 0.5) is 16.6 Å². The third kappa shape index (κ3) is 4.81. The number of anilines is 3. The van der Waals surface area contributed by atoms with E-state index < -0.39 is 0 Å². The van der Waals surface area contributed by atoms with Crippen LogP contribution < -0.4 is 15.4 Å². The van der Waals surface area contributed by atoms with E-state index in [-0.39, 0.29) is 5.97 Å². The predicted octanol–water partition coefficient (Wildman–Crippen LogP) is 5.57. The summed E-state index contributed by atoms with van der Waals surface area (Å²) >= 11 is 1.44. The van der Waals surface area contributed by atoms with Gasteiger partial charge in [-0.05, 0) is 30.3 Å². The van der Waals surface area contributed by atoms with Gasteiger partial charge in [0.05, 0.1) is 12.7 Å². The Balaban J connectivity index is 1.54. The molecule has 0 spiro atoms. The number of rotatable bonds is 7. The lowest BCUT2D eigenvalue weighted by atomic mass is 10.2. The van der Waals surface area contributed by atoms with Gasteiger partial charge in [0.25, 0.3) is 0 Å². The van der Waals surface area contributed by atoms with Crippen LogP contribution in [0.15, 0.2) is 72.9 Å². The van der Waals surface area contributed by atoms with Crippen LogP contribution in [0.2, 0.25) is 0 Å². The van der Waals surface area contributed by atoms with Crippen LogP contribution in [0.5, 0.6) is 10.8 Å². The number of esters is 1. The second-order valence-electron chi connectivity index (χ2n) is 6.44. The molecule has 0 aliphatic heterocycles. The van der Waals surface area contributed by atoms with Crippen molar-refractivity contribution in [2.45, 2.75) is 0 Å². The van der Waals surface area contributed by atoms with Gasteiger partial charge in [0.15, 0.2) is 5.13 Å². The van der Waals surface area contributed by atoms with Gasteiger partial charge in [0.2, 0.25) is 5.06 Å². The van der Waals surface area contributed by atoms with Gasteiger partial charge in [-0.25, -0.2) is 14.8 Å². The molecule has 0 fully saturated rings. The molecular formula is C23H20N4O3S. The number of benzene rings is 2. The second-order valence-corrected chi connectivity index (χ2v) is 7.41. The highest BCUT2D eigenvalue weighted by Crippen LogP contribution is 2.40. The van der Waals surface area contributed by atoms with Crippen LogP contribution in [0.3, 0.4) is 0 Å². The molecule has 7 nitrogen and oxygen atoms in total. The normalized spacial score (nSPS) is 10.4. The molecule has 0 amide bonds. The number of aromatic nitrogens is 2. The van der Waals surface area contributed by atoms with Crippen molar-refractivity contribution in [2.24, 2.45) is 0 Å². The highest BCUT2D eigenvalue weighted by molar-refractivity contribution is 7.17. The van der Waals surface area contributed by atoms with Crippen molar-refractivity contribution < 1.29 is 14.3 Å². The van der Waals surface area contributed by atoms with Crippen molar-refractivity contribution in [3.05, 3.63) is 78.5 Å². The van der Waals surface area contributed by atoms with E-state index in [1.54, 1.807) is 36.5 Å². The van der Waals surface area contributed by atoms with Crippen molar-refractivity contribution in [1.29, 1.82) is 0 Å². The molecule has 156 valence electrons. The summed E-state index contributed by atoms with van der Waals surface area (Å²) in [5.41, 5.74) is 3.03. The van der Waals surface area contributed by atoms with E-state index in [1.165, 1.54) is 18.4 Å². The molecule has 0 unspecified atom stereocenters. The summed E-state index contributed by atoms with van der Waals surface area (Å²) in [5.74, 6) is 0.870.